The molecule has 84 valence electrons. The van der Waals surface area contributed by atoms with Crippen molar-refractivity contribution in [2.75, 3.05) is 0 Å². The van der Waals surface area contributed by atoms with Gasteiger partial charge >= 0.3 is 10.2 Å². The first kappa shape index (κ1) is 9.75. The van der Waals surface area contributed by atoms with E-state index in [1.165, 1.54) is 0 Å². The molecule has 4 aliphatic carbocycles. The molecule has 0 aromatic heterocycles. The molecule has 2 atom stereocenters. The quantitative estimate of drug-likeness (QED) is 0.643. The maximum atomic E-state index is 13.3. The van der Waals surface area contributed by atoms with Gasteiger partial charge < -0.3 is 0 Å². The van der Waals surface area contributed by atoms with Crippen LogP contribution in [0.4, 0.5) is 3.89 Å². The molecule has 4 fully saturated rings. The lowest BCUT2D eigenvalue weighted by atomic mass is 9.55. The first-order chi connectivity index (χ1) is 6.91. The van der Waals surface area contributed by atoms with Gasteiger partial charge in [0.05, 0.1) is 0 Å². The Hall–Kier alpha value is -0.450. The van der Waals surface area contributed by atoms with Gasteiger partial charge in [0.25, 0.3) is 0 Å². The summed E-state index contributed by atoms with van der Waals surface area (Å²) in [6.07, 6.45) is 2.47. The smallest absolute Gasteiger partial charge is 0.299 e. The summed E-state index contributed by atoms with van der Waals surface area (Å²) in [6.45, 7) is 0. The lowest BCUT2D eigenvalue weighted by Crippen LogP contribution is -2.57. The van der Waals surface area contributed by atoms with Crippen molar-refractivity contribution < 1.29 is 17.1 Å². The summed E-state index contributed by atoms with van der Waals surface area (Å²) >= 11 is 0. The van der Waals surface area contributed by atoms with E-state index in [0.29, 0.717) is 6.42 Å². The second kappa shape index (κ2) is 2.62. The lowest BCUT2D eigenvalue weighted by Gasteiger charge is -2.53. The van der Waals surface area contributed by atoms with E-state index < -0.39 is 15.0 Å². The van der Waals surface area contributed by atoms with Crippen molar-refractivity contribution in [3.05, 3.63) is 0 Å². The van der Waals surface area contributed by atoms with Crippen molar-refractivity contribution in [3.8, 4) is 0 Å². The van der Waals surface area contributed by atoms with Gasteiger partial charge in [0.2, 0.25) is 0 Å². The molecule has 3 nitrogen and oxygen atoms in total. The maximum Gasteiger partial charge on any atom is 0.308 e. The van der Waals surface area contributed by atoms with E-state index in [2.05, 4.69) is 0 Å². The molecule has 4 aliphatic rings. The number of rotatable bonds is 1. The average molecular weight is 232 g/mol. The molecule has 4 saturated carbocycles. The molecular weight excluding hydrogens is 219 g/mol. The van der Waals surface area contributed by atoms with E-state index in [1.54, 1.807) is 0 Å². The molecular formula is C10H13FO3S. The van der Waals surface area contributed by atoms with Crippen molar-refractivity contribution in [1.29, 1.82) is 0 Å². The molecule has 5 heteroatoms. The molecule has 0 aromatic carbocycles. The SMILES string of the molecule is O=C1C2CC3CC1CC(S(=O)(=O)F)(C3)C2. The Bertz CT molecular complexity index is 410. The average Bonchev–Trinajstić information content (AvgIpc) is 2.10. The van der Waals surface area contributed by atoms with Gasteiger partial charge in [-0.25, -0.2) is 0 Å². The van der Waals surface area contributed by atoms with E-state index in [0.717, 1.165) is 12.8 Å². The molecule has 0 spiro atoms. The van der Waals surface area contributed by atoms with Gasteiger partial charge in [-0.2, -0.15) is 8.42 Å². The van der Waals surface area contributed by atoms with E-state index in [9.17, 15) is 17.1 Å². The van der Waals surface area contributed by atoms with Crippen LogP contribution in [0.25, 0.3) is 0 Å². The summed E-state index contributed by atoms with van der Waals surface area (Å²) in [7, 11) is -4.50. The van der Waals surface area contributed by atoms with Crippen LogP contribution in [0.2, 0.25) is 0 Å². The van der Waals surface area contributed by atoms with Crippen LogP contribution in [0.1, 0.15) is 32.1 Å². The van der Waals surface area contributed by atoms with Crippen molar-refractivity contribution >= 4 is 16.0 Å². The monoisotopic (exact) mass is 232 g/mol. The van der Waals surface area contributed by atoms with Crippen LogP contribution < -0.4 is 0 Å². The first-order valence-electron chi connectivity index (χ1n) is 5.39. The van der Waals surface area contributed by atoms with Crippen LogP contribution in [0.15, 0.2) is 0 Å². The van der Waals surface area contributed by atoms with E-state index in [-0.39, 0.29) is 36.4 Å². The van der Waals surface area contributed by atoms with Gasteiger partial charge in [-0.1, -0.05) is 0 Å². The lowest BCUT2D eigenvalue weighted by molar-refractivity contribution is -0.138. The summed E-state index contributed by atoms with van der Waals surface area (Å²) < 4.78 is 34.5. The Labute approximate surface area is 88.3 Å². The molecule has 4 rings (SSSR count). The minimum absolute atomic E-state index is 0.179. The van der Waals surface area contributed by atoms with Gasteiger partial charge in [-0.15, -0.1) is 3.89 Å². The number of ketones is 1. The molecule has 2 unspecified atom stereocenters. The maximum absolute atomic E-state index is 13.3. The standard InChI is InChI=1S/C10H13FO3S/c11-15(13,14)10-3-6-1-7(4-10)9(12)8(2-6)5-10/h6-8H,1-5H2. The van der Waals surface area contributed by atoms with Crippen LogP contribution in [-0.4, -0.2) is 18.9 Å². The third kappa shape index (κ3) is 1.16. The summed E-state index contributed by atoms with van der Waals surface area (Å²) in [6, 6.07) is 0. The fourth-order valence-corrected chi connectivity index (χ4v) is 5.21. The summed E-state index contributed by atoms with van der Waals surface area (Å²) in [5, 5.41) is 0. The predicted molar refractivity (Wildman–Crippen MR) is 51.3 cm³/mol. The van der Waals surface area contributed by atoms with E-state index in [1.807, 2.05) is 0 Å². The second-order valence-electron chi connectivity index (χ2n) is 5.37. The van der Waals surface area contributed by atoms with Crippen LogP contribution >= 0.6 is 0 Å². The van der Waals surface area contributed by atoms with E-state index in [4.69, 9.17) is 0 Å². The zero-order valence-electron chi connectivity index (χ0n) is 8.28. The van der Waals surface area contributed by atoms with Gasteiger partial charge in [-0.3, -0.25) is 4.79 Å². The molecule has 0 amide bonds. The molecule has 0 N–H and O–H groups in total. The Kier molecular flexibility index (Phi) is 1.70. The highest BCUT2D eigenvalue weighted by atomic mass is 32.3. The molecule has 0 aromatic rings. The molecule has 4 bridgehead atoms. The fourth-order valence-electron chi connectivity index (χ4n) is 3.97. The third-order valence-corrected chi connectivity index (χ3v) is 5.99. The van der Waals surface area contributed by atoms with Crippen molar-refractivity contribution in [2.24, 2.45) is 17.8 Å². The van der Waals surface area contributed by atoms with Crippen molar-refractivity contribution in [1.82, 2.24) is 0 Å². The van der Waals surface area contributed by atoms with Crippen LogP contribution in [0.3, 0.4) is 0 Å². The van der Waals surface area contributed by atoms with Crippen molar-refractivity contribution in [2.45, 2.75) is 36.9 Å². The van der Waals surface area contributed by atoms with Gasteiger partial charge in [0, 0.05) is 11.8 Å². The summed E-state index contributed by atoms with van der Waals surface area (Å²) in [5.74, 6) is 0.0829. The Morgan fingerprint density at radius 1 is 1.13 bits per heavy atom. The Balaban J connectivity index is 2.06. The highest BCUT2D eigenvalue weighted by Crippen LogP contribution is 2.57. The molecule has 15 heavy (non-hydrogen) atoms. The molecule has 0 aliphatic heterocycles. The second-order valence-corrected chi connectivity index (χ2v) is 7.11. The fraction of sp³-hybridized carbons (Fsp3) is 0.900. The summed E-state index contributed by atoms with van der Waals surface area (Å²) in [4.78, 5) is 11.7. The number of halogens is 1. The zero-order valence-corrected chi connectivity index (χ0v) is 9.10. The van der Waals surface area contributed by atoms with Crippen molar-refractivity contribution in [3.63, 3.8) is 0 Å². The van der Waals surface area contributed by atoms with Crippen LogP contribution in [0, 0.1) is 17.8 Å². The molecule has 0 heterocycles. The number of hydrogen-bond acceptors (Lipinski definition) is 3. The molecule has 0 radical (unpaired) electrons. The van der Waals surface area contributed by atoms with Gasteiger partial charge in [0.1, 0.15) is 10.5 Å². The number of Topliss-reactive ketones (excluding diaryl/α,β-unsaturated/α-hetero) is 1. The number of hydrogen-bond donors (Lipinski definition) is 0. The third-order valence-electron chi connectivity index (χ3n) is 4.46. The molecule has 0 saturated heterocycles. The van der Waals surface area contributed by atoms with Crippen LogP contribution in [-0.2, 0) is 15.0 Å². The minimum atomic E-state index is -4.50. The van der Waals surface area contributed by atoms with Gasteiger partial charge in [-0.05, 0) is 38.0 Å². The van der Waals surface area contributed by atoms with Crippen LogP contribution in [0.5, 0.6) is 0 Å². The number of carbonyl (C=O) groups excluding carboxylic acids is 1. The number of carbonyl (C=O) groups is 1. The first-order valence-corrected chi connectivity index (χ1v) is 6.78. The predicted octanol–water partition coefficient (Wildman–Crippen LogP) is 1.43. The minimum Gasteiger partial charge on any atom is -0.299 e. The van der Waals surface area contributed by atoms with Gasteiger partial charge in [0.15, 0.2) is 0 Å². The Morgan fingerprint density at radius 3 is 2.13 bits per heavy atom. The summed E-state index contributed by atoms with van der Waals surface area (Å²) in [5.41, 5.74) is 0. The highest BCUT2D eigenvalue weighted by Gasteiger charge is 2.61. The van der Waals surface area contributed by atoms with E-state index >= 15 is 0 Å². The largest absolute Gasteiger partial charge is 0.308 e. The Morgan fingerprint density at radius 2 is 1.67 bits per heavy atom. The topological polar surface area (TPSA) is 51.2 Å². The zero-order chi connectivity index (χ0) is 10.8. The normalized spacial score (nSPS) is 48.6. The highest BCUT2D eigenvalue weighted by molar-refractivity contribution is 7.87.